The van der Waals surface area contributed by atoms with Crippen LogP contribution in [-0.4, -0.2) is 26.4 Å². The van der Waals surface area contributed by atoms with Gasteiger partial charge < -0.3 is 20.1 Å². The Labute approximate surface area is 153 Å². The Morgan fingerprint density at radius 1 is 1.16 bits per heavy atom. The number of hydrogen-bond acceptors (Lipinski definition) is 3. The summed E-state index contributed by atoms with van der Waals surface area (Å²) in [5, 5.41) is 6.40. The van der Waals surface area contributed by atoms with E-state index in [1.54, 1.807) is 19.2 Å². The summed E-state index contributed by atoms with van der Waals surface area (Å²) >= 11 is 5.89. The number of hydrogen-bond donors (Lipinski definition) is 2. The molecule has 0 aliphatic heterocycles. The number of carbonyl (C=O) groups is 1. The molecule has 2 amide bonds. The van der Waals surface area contributed by atoms with Crippen LogP contribution < -0.4 is 15.4 Å². The van der Waals surface area contributed by atoms with E-state index in [9.17, 15) is 4.79 Å². The number of methoxy groups -OCH3 is 1. The molecule has 1 atom stereocenters. The highest BCUT2D eigenvalue weighted by Gasteiger charge is 2.12. The molecule has 0 bridgehead atoms. The number of anilines is 1. The number of benzene rings is 2. The molecule has 6 heteroatoms. The first kappa shape index (κ1) is 19.1. The van der Waals surface area contributed by atoms with Crippen LogP contribution in [0.1, 0.15) is 24.1 Å². The number of amides is 2. The summed E-state index contributed by atoms with van der Waals surface area (Å²) in [6.07, 6.45) is 0. The highest BCUT2D eigenvalue weighted by Crippen LogP contribution is 2.26. The number of rotatable bonds is 7. The Balaban J connectivity index is 2.00. The summed E-state index contributed by atoms with van der Waals surface area (Å²) in [4.78, 5) is 12.3. The van der Waals surface area contributed by atoms with E-state index in [1.807, 2.05) is 44.2 Å². The van der Waals surface area contributed by atoms with Crippen molar-refractivity contribution >= 4 is 23.3 Å². The predicted molar refractivity (Wildman–Crippen MR) is 101 cm³/mol. The van der Waals surface area contributed by atoms with Crippen molar-refractivity contribution in [1.82, 2.24) is 5.32 Å². The summed E-state index contributed by atoms with van der Waals surface area (Å²) in [6.45, 7) is 4.77. The van der Waals surface area contributed by atoms with Crippen LogP contribution in [0.25, 0.3) is 0 Å². The lowest BCUT2D eigenvalue weighted by Gasteiger charge is -2.17. The molecular formula is C19H23ClN2O3. The lowest BCUT2D eigenvalue weighted by molar-refractivity contribution is 0.146. The van der Waals surface area contributed by atoms with Crippen molar-refractivity contribution in [3.63, 3.8) is 0 Å². The second-order valence-electron chi connectivity index (χ2n) is 5.71. The molecule has 2 N–H and O–H groups in total. The number of urea groups is 1. The van der Waals surface area contributed by atoms with E-state index in [1.165, 1.54) is 0 Å². The number of halogens is 1. The molecule has 1 unspecified atom stereocenters. The van der Waals surface area contributed by atoms with Gasteiger partial charge in [-0.3, -0.25) is 0 Å². The fourth-order valence-corrected chi connectivity index (χ4v) is 2.40. The van der Waals surface area contributed by atoms with Crippen molar-refractivity contribution in [1.29, 1.82) is 0 Å². The second kappa shape index (κ2) is 9.30. The van der Waals surface area contributed by atoms with Crippen molar-refractivity contribution in [3.05, 3.63) is 58.6 Å². The van der Waals surface area contributed by atoms with Gasteiger partial charge in [0.15, 0.2) is 0 Å². The van der Waals surface area contributed by atoms with Gasteiger partial charge in [0.2, 0.25) is 0 Å². The number of ether oxygens (including phenoxy) is 2. The maximum atomic E-state index is 12.3. The predicted octanol–water partition coefficient (Wildman–Crippen LogP) is 4.56. The third kappa shape index (κ3) is 5.96. The summed E-state index contributed by atoms with van der Waals surface area (Å²) < 4.78 is 10.7. The van der Waals surface area contributed by atoms with Crippen molar-refractivity contribution < 1.29 is 14.3 Å². The van der Waals surface area contributed by atoms with Crippen LogP contribution in [0.5, 0.6) is 5.75 Å². The minimum Gasteiger partial charge on any atom is -0.489 e. The lowest BCUT2D eigenvalue weighted by Crippen LogP contribution is -2.31. The standard InChI is InChI=1S/C19H23ClN2O3/c1-13-4-9-17(18(12-13)25-11-10-24-3)22-19(23)21-14(2)15-5-7-16(20)8-6-15/h4-9,12,14H,10-11H2,1-3H3,(H2,21,22,23). The van der Waals surface area contributed by atoms with E-state index >= 15 is 0 Å². The average molecular weight is 363 g/mol. The van der Waals surface area contributed by atoms with E-state index in [0.717, 1.165) is 11.1 Å². The Kier molecular flexibility index (Phi) is 7.10. The zero-order valence-electron chi connectivity index (χ0n) is 14.6. The Bertz CT molecular complexity index is 704. The largest absolute Gasteiger partial charge is 0.489 e. The van der Waals surface area contributed by atoms with Crippen LogP contribution in [0.4, 0.5) is 10.5 Å². The molecule has 0 aliphatic rings. The number of carbonyl (C=O) groups excluding carboxylic acids is 1. The normalized spacial score (nSPS) is 11.7. The van der Waals surface area contributed by atoms with Crippen LogP contribution >= 0.6 is 11.6 Å². The first-order valence-corrected chi connectivity index (χ1v) is 8.42. The summed E-state index contributed by atoms with van der Waals surface area (Å²) in [6, 6.07) is 12.5. The molecule has 0 aromatic heterocycles. The SMILES string of the molecule is COCCOc1cc(C)ccc1NC(=O)NC(C)c1ccc(Cl)cc1. The Morgan fingerprint density at radius 3 is 2.56 bits per heavy atom. The van der Waals surface area contributed by atoms with Crippen LogP contribution in [-0.2, 0) is 4.74 Å². The molecule has 2 rings (SSSR count). The van der Waals surface area contributed by atoms with Crippen molar-refractivity contribution in [2.45, 2.75) is 19.9 Å². The molecule has 5 nitrogen and oxygen atoms in total. The molecule has 2 aromatic carbocycles. The Morgan fingerprint density at radius 2 is 1.88 bits per heavy atom. The minimum absolute atomic E-state index is 0.152. The fourth-order valence-electron chi connectivity index (χ4n) is 2.28. The van der Waals surface area contributed by atoms with Gasteiger partial charge in [-0.25, -0.2) is 4.79 Å². The van der Waals surface area contributed by atoms with Gasteiger partial charge in [-0.05, 0) is 49.2 Å². The minimum atomic E-state index is -0.303. The van der Waals surface area contributed by atoms with E-state index in [-0.39, 0.29) is 12.1 Å². The van der Waals surface area contributed by atoms with Crippen LogP contribution in [0, 0.1) is 6.92 Å². The number of nitrogens with one attached hydrogen (secondary N) is 2. The first-order chi connectivity index (χ1) is 12.0. The topological polar surface area (TPSA) is 59.6 Å². The fraction of sp³-hybridized carbons (Fsp3) is 0.316. The van der Waals surface area contributed by atoms with Crippen LogP contribution in [0.2, 0.25) is 5.02 Å². The smallest absolute Gasteiger partial charge is 0.319 e. The molecule has 0 saturated heterocycles. The summed E-state index contributed by atoms with van der Waals surface area (Å²) in [7, 11) is 1.62. The van der Waals surface area contributed by atoms with Crippen molar-refractivity contribution in [2.24, 2.45) is 0 Å². The Hall–Kier alpha value is -2.24. The van der Waals surface area contributed by atoms with E-state index in [0.29, 0.717) is 29.7 Å². The molecule has 25 heavy (non-hydrogen) atoms. The van der Waals surface area contributed by atoms with Gasteiger partial charge >= 0.3 is 6.03 Å². The van der Waals surface area contributed by atoms with Crippen LogP contribution in [0.15, 0.2) is 42.5 Å². The third-order valence-electron chi connectivity index (χ3n) is 3.65. The average Bonchev–Trinajstić information content (AvgIpc) is 2.58. The second-order valence-corrected chi connectivity index (χ2v) is 6.15. The van der Waals surface area contributed by atoms with Gasteiger partial charge in [0, 0.05) is 12.1 Å². The third-order valence-corrected chi connectivity index (χ3v) is 3.90. The van der Waals surface area contributed by atoms with Gasteiger partial charge in [0.25, 0.3) is 0 Å². The summed E-state index contributed by atoms with van der Waals surface area (Å²) in [5.74, 6) is 0.617. The zero-order chi connectivity index (χ0) is 18.2. The molecule has 0 spiro atoms. The van der Waals surface area contributed by atoms with Gasteiger partial charge in [0.1, 0.15) is 12.4 Å². The van der Waals surface area contributed by atoms with Crippen molar-refractivity contribution in [2.75, 3.05) is 25.6 Å². The van der Waals surface area contributed by atoms with Gasteiger partial charge in [-0.1, -0.05) is 29.8 Å². The zero-order valence-corrected chi connectivity index (χ0v) is 15.4. The maximum Gasteiger partial charge on any atom is 0.319 e. The lowest BCUT2D eigenvalue weighted by atomic mass is 10.1. The van der Waals surface area contributed by atoms with Crippen molar-refractivity contribution in [3.8, 4) is 5.75 Å². The highest BCUT2D eigenvalue weighted by atomic mass is 35.5. The highest BCUT2D eigenvalue weighted by molar-refractivity contribution is 6.30. The number of aryl methyl sites for hydroxylation is 1. The molecule has 0 radical (unpaired) electrons. The first-order valence-electron chi connectivity index (χ1n) is 8.05. The quantitative estimate of drug-likeness (QED) is 0.710. The van der Waals surface area contributed by atoms with E-state index in [4.69, 9.17) is 21.1 Å². The maximum absolute atomic E-state index is 12.3. The van der Waals surface area contributed by atoms with E-state index < -0.39 is 0 Å². The van der Waals surface area contributed by atoms with Gasteiger partial charge in [0.05, 0.1) is 18.3 Å². The van der Waals surface area contributed by atoms with Crippen LogP contribution in [0.3, 0.4) is 0 Å². The summed E-state index contributed by atoms with van der Waals surface area (Å²) in [5.41, 5.74) is 2.63. The molecule has 134 valence electrons. The molecule has 0 fully saturated rings. The molecule has 0 saturated carbocycles. The molecule has 0 aliphatic carbocycles. The molecular weight excluding hydrogens is 340 g/mol. The van der Waals surface area contributed by atoms with Gasteiger partial charge in [-0.2, -0.15) is 0 Å². The monoisotopic (exact) mass is 362 g/mol. The van der Waals surface area contributed by atoms with E-state index in [2.05, 4.69) is 10.6 Å². The molecule has 2 aromatic rings. The molecule has 0 heterocycles. The van der Waals surface area contributed by atoms with Gasteiger partial charge in [-0.15, -0.1) is 0 Å².